The zero-order valence-electron chi connectivity index (χ0n) is 12.7. The lowest BCUT2D eigenvalue weighted by Gasteiger charge is -2.36. The van der Waals surface area contributed by atoms with E-state index in [1.54, 1.807) is 9.80 Å². The predicted molar refractivity (Wildman–Crippen MR) is 79.4 cm³/mol. The molecule has 2 amide bonds. The van der Waals surface area contributed by atoms with Crippen molar-refractivity contribution in [2.24, 2.45) is 11.8 Å². The summed E-state index contributed by atoms with van der Waals surface area (Å²) in [5.74, 6) is 0.457. The van der Waals surface area contributed by atoms with Gasteiger partial charge in [0, 0.05) is 38.5 Å². The van der Waals surface area contributed by atoms with Crippen LogP contribution >= 0.6 is 0 Å². The molecule has 2 saturated heterocycles. The molecule has 1 atom stereocenters. The van der Waals surface area contributed by atoms with E-state index in [0.29, 0.717) is 39.0 Å². The van der Waals surface area contributed by atoms with Crippen molar-refractivity contribution in [1.29, 1.82) is 0 Å². The van der Waals surface area contributed by atoms with Gasteiger partial charge in [0.25, 0.3) is 0 Å². The molecule has 2 aliphatic heterocycles. The molecule has 21 heavy (non-hydrogen) atoms. The van der Waals surface area contributed by atoms with Gasteiger partial charge >= 0.3 is 0 Å². The summed E-state index contributed by atoms with van der Waals surface area (Å²) in [6.45, 7) is 6.01. The van der Waals surface area contributed by atoms with Gasteiger partial charge in [0.1, 0.15) is 0 Å². The lowest BCUT2D eigenvalue weighted by atomic mass is 10.0. The monoisotopic (exact) mass is 316 g/mol. The first-order chi connectivity index (χ1) is 9.78. The molecule has 0 aromatic rings. The molecule has 2 aliphatic rings. The van der Waals surface area contributed by atoms with Crippen LogP contribution in [-0.4, -0.2) is 67.7 Å². The minimum absolute atomic E-state index is 0.0176. The van der Waals surface area contributed by atoms with Gasteiger partial charge in [-0.25, -0.2) is 8.42 Å². The van der Waals surface area contributed by atoms with Gasteiger partial charge in [-0.3, -0.25) is 9.59 Å². The number of hydrogen-bond donors (Lipinski definition) is 0. The fourth-order valence-corrected chi connectivity index (χ4v) is 4.81. The minimum atomic E-state index is -2.92. The first-order valence-electron chi connectivity index (χ1n) is 7.55. The highest BCUT2D eigenvalue weighted by Crippen LogP contribution is 2.22. The van der Waals surface area contributed by atoms with E-state index in [1.165, 1.54) is 0 Å². The molecule has 120 valence electrons. The van der Waals surface area contributed by atoms with E-state index in [9.17, 15) is 18.0 Å². The van der Waals surface area contributed by atoms with E-state index in [2.05, 4.69) is 0 Å². The van der Waals surface area contributed by atoms with Gasteiger partial charge in [0.2, 0.25) is 11.8 Å². The van der Waals surface area contributed by atoms with Crippen molar-refractivity contribution >= 4 is 21.7 Å². The minimum Gasteiger partial charge on any atom is -0.339 e. The molecule has 7 heteroatoms. The van der Waals surface area contributed by atoms with E-state index in [4.69, 9.17) is 0 Å². The maximum Gasteiger partial charge on any atom is 0.225 e. The van der Waals surface area contributed by atoms with E-state index in [1.807, 2.05) is 13.8 Å². The number of sulfone groups is 1. The van der Waals surface area contributed by atoms with Crippen molar-refractivity contribution in [2.45, 2.75) is 26.7 Å². The second-order valence-electron chi connectivity index (χ2n) is 6.33. The summed E-state index contributed by atoms with van der Waals surface area (Å²) < 4.78 is 22.8. The van der Waals surface area contributed by atoms with Crippen LogP contribution in [0.25, 0.3) is 0 Å². The normalized spacial score (nSPS) is 25.4. The Morgan fingerprint density at radius 1 is 1.10 bits per heavy atom. The van der Waals surface area contributed by atoms with Crippen LogP contribution in [0.5, 0.6) is 0 Å². The van der Waals surface area contributed by atoms with Gasteiger partial charge in [0.05, 0.1) is 11.5 Å². The predicted octanol–water partition coefficient (Wildman–Crippen LogP) is 0.138. The van der Waals surface area contributed by atoms with E-state index >= 15 is 0 Å². The molecule has 2 fully saturated rings. The molecule has 0 saturated carbocycles. The standard InChI is InChI=1S/C14H24N2O4S/c1-11(2)14(18)16-6-4-15(5-7-16)13(17)9-12-3-8-21(19,20)10-12/h11-12H,3-10H2,1-2H3. The number of hydrogen-bond acceptors (Lipinski definition) is 4. The number of rotatable bonds is 3. The van der Waals surface area contributed by atoms with Crippen molar-refractivity contribution < 1.29 is 18.0 Å². The zero-order valence-corrected chi connectivity index (χ0v) is 13.6. The van der Waals surface area contributed by atoms with Crippen LogP contribution in [-0.2, 0) is 19.4 Å². The molecule has 0 aromatic heterocycles. The van der Waals surface area contributed by atoms with Crippen LogP contribution in [0, 0.1) is 11.8 Å². The van der Waals surface area contributed by atoms with Crippen molar-refractivity contribution in [1.82, 2.24) is 9.80 Å². The Kier molecular flexibility index (Phi) is 4.91. The summed E-state index contributed by atoms with van der Waals surface area (Å²) >= 11 is 0. The van der Waals surface area contributed by atoms with Gasteiger partial charge in [-0.1, -0.05) is 13.8 Å². The average molecular weight is 316 g/mol. The fourth-order valence-electron chi connectivity index (χ4n) is 2.95. The Morgan fingerprint density at radius 3 is 2.14 bits per heavy atom. The third-order valence-electron chi connectivity index (χ3n) is 4.23. The summed E-state index contributed by atoms with van der Waals surface area (Å²) in [6, 6.07) is 0. The van der Waals surface area contributed by atoms with Gasteiger partial charge in [-0.05, 0) is 12.3 Å². The smallest absolute Gasteiger partial charge is 0.225 e. The molecule has 1 unspecified atom stereocenters. The molecule has 2 heterocycles. The lowest BCUT2D eigenvalue weighted by molar-refractivity contribution is -0.141. The topological polar surface area (TPSA) is 74.8 Å². The molecule has 0 N–H and O–H groups in total. The van der Waals surface area contributed by atoms with Crippen LogP contribution in [0.15, 0.2) is 0 Å². The summed E-state index contributed by atoms with van der Waals surface area (Å²) in [5, 5.41) is 0. The highest BCUT2D eigenvalue weighted by molar-refractivity contribution is 7.91. The molecular weight excluding hydrogens is 292 g/mol. The maximum atomic E-state index is 12.2. The lowest BCUT2D eigenvalue weighted by Crippen LogP contribution is -2.51. The number of amides is 2. The molecule has 0 aliphatic carbocycles. The Hall–Kier alpha value is -1.11. The number of carbonyl (C=O) groups excluding carboxylic acids is 2. The first-order valence-corrected chi connectivity index (χ1v) is 9.37. The molecule has 6 nitrogen and oxygen atoms in total. The summed E-state index contributed by atoms with van der Waals surface area (Å²) in [6.07, 6.45) is 0.914. The third kappa shape index (κ3) is 4.18. The SMILES string of the molecule is CC(C)C(=O)N1CCN(C(=O)CC2CCS(=O)(=O)C2)CC1. The fraction of sp³-hybridized carbons (Fsp3) is 0.857. The number of nitrogens with zero attached hydrogens (tertiary/aromatic N) is 2. The van der Waals surface area contributed by atoms with Gasteiger partial charge in [-0.2, -0.15) is 0 Å². The second kappa shape index (κ2) is 6.34. The third-order valence-corrected chi connectivity index (χ3v) is 6.06. The zero-order chi connectivity index (χ0) is 15.6. The Balaban J connectivity index is 1.80. The van der Waals surface area contributed by atoms with E-state index in [0.717, 1.165) is 0 Å². The summed E-state index contributed by atoms with van der Waals surface area (Å²) in [5.41, 5.74) is 0. The van der Waals surface area contributed by atoms with Gasteiger partial charge < -0.3 is 9.80 Å². The van der Waals surface area contributed by atoms with E-state index in [-0.39, 0.29) is 35.2 Å². The van der Waals surface area contributed by atoms with Crippen molar-refractivity contribution in [3.63, 3.8) is 0 Å². The first kappa shape index (κ1) is 16.3. The molecular formula is C14H24N2O4S. The van der Waals surface area contributed by atoms with E-state index < -0.39 is 9.84 Å². The molecule has 0 spiro atoms. The number of piperazine rings is 1. The average Bonchev–Trinajstić information content (AvgIpc) is 2.77. The Bertz CT molecular complexity index is 507. The quantitative estimate of drug-likeness (QED) is 0.742. The highest BCUT2D eigenvalue weighted by Gasteiger charge is 2.32. The van der Waals surface area contributed by atoms with Crippen LogP contribution < -0.4 is 0 Å². The van der Waals surface area contributed by atoms with Gasteiger partial charge in [0.15, 0.2) is 9.84 Å². The van der Waals surface area contributed by atoms with Crippen LogP contribution in [0.3, 0.4) is 0 Å². The Morgan fingerprint density at radius 2 is 1.67 bits per heavy atom. The molecule has 0 bridgehead atoms. The Labute approximate surface area is 126 Å². The van der Waals surface area contributed by atoms with Crippen molar-refractivity contribution in [2.75, 3.05) is 37.7 Å². The molecule has 0 aromatic carbocycles. The van der Waals surface area contributed by atoms with Crippen LogP contribution in [0.4, 0.5) is 0 Å². The highest BCUT2D eigenvalue weighted by atomic mass is 32.2. The van der Waals surface area contributed by atoms with Crippen LogP contribution in [0.1, 0.15) is 26.7 Å². The van der Waals surface area contributed by atoms with Crippen LogP contribution in [0.2, 0.25) is 0 Å². The van der Waals surface area contributed by atoms with Gasteiger partial charge in [-0.15, -0.1) is 0 Å². The second-order valence-corrected chi connectivity index (χ2v) is 8.56. The maximum absolute atomic E-state index is 12.2. The molecule has 2 rings (SSSR count). The summed E-state index contributed by atoms with van der Waals surface area (Å²) in [4.78, 5) is 27.6. The molecule has 0 radical (unpaired) electrons. The van der Waals surface area contributed by atoms with Crippen molar-refractivity contribution in [3.8, 4) is 0 Å². The largest absolute Gasteiger partial charge is 0.339 e. The number of carbonyl (C=O) groups is 2. The van der Waals surface area contributed by atoms with Crippen molar-refractivity contribution in [3.05, 3.63) is 0 Å². The summed E-state index contributed by atoms with van der Waals surface area (Å²) in [7, 11) is -2.92.